The summed E-state index contributed by atoms with van der Waals surface area (Å²) in [7, 11) is 1.51. The normalized spacial score (nSPS) is 10.7. The number of hydrogen-bond donors (Lipinski definition) is 2. The van der Waals surface area contributed by atoms with E-state index < -0.39 is 0 Å². The molecule has 0 aliphatic carbocycles. The fraction of sp³-hybridized carbons (Fsp3) is 0.231. The molecule has 0 aliphatic heterocycles. The van der Waals surface area contributed by atoms with Crippen LogP contribution in [-0.2, 0) is 13.1 Å². The molecule has 0 aliphatic rings. The molecule has 2 rings (SSSR count). The van der Waals surface area contributed by atoms with E-state index in [9.17, 15) is 5.11 Å². The Morgan fingerprint density at radius 3 is 2.84 bits per heavy atom. The maximum absolute atomic E-state index is 9.99. The molecule has 0 saturated carbocycles. The highest BCUT2D eigenvalue weighted by atomic mass is 79.9. The number of phenols is 1. The van der Waals surface area contributed by atoms with Crippen molar-refractivity contribution in [3.8, 4) is 11.5 Å². The molecule has 0 saturated heterocycles. The van der Waals surface area contributed by atoms with E-state index >= 15 is 0 Å². The first-order chi connectivity index (χ1) is 9.11. The molecular formula is C13H13BrClNO2S. The fourth-order valence-corrected chi connectivity index (χ4v) is 3.37. The van der Waals surface area contributed by atoms with Crippen LogP contribution in [0.5, 0.6) is 11.5 Å². The average molecular weight is 363 g/mol. The molecule has 0 amide bonds. The van der Waals surface area contributed by atoms with E-state index in [1.165, 1.54) is 12.0 Å². The monoisotopic (exact) mass is 361 g/mol. The first kappa shape index (κ1) is 14.7. The molecule has 1 heterocycles. The van der Waals surface area contributed by atoms with Gasteiger partial charge in [0.15, 0.2) is 11.5 Å². The second-order valence-electron chi connectivity index (χ2n) is 3.91. The number of aromatic hydroxyl groups is 1. The lowest BCUT2D eigenvalue weighted by Crippen LogP contribution is -2.12. The minimum absolute atomic E-state index is 0.129. The Bertz CT molecular complexity index is 574. The van der Waals surface area contributed by atoms with Crippen LogP contribution in [0.4, 0.5) is 0 Å². The molecule has 0 radical (unpaired) electrons. The molecule has 0 unspecified atom stereocenters. The molecule has 1 aromatic carbocycles. The van der Waals surface area contributed by atoms with Gasteiger partial charge >= 0.3 is 0 Å². The first-order valence-corrected chi connectivity index (χ1v) is 7.65. The lowest BCUT2D eigenvalue weighted by Gasteiger charge is -2.10. The molecule has 19 heavy (non-hydrogen) atoms. The van der Waals surface area contributed by atoms with E-state index in [0.717, 1.165) is 16.6 Å². The van der Waals surface area contributed by atoms with Gasteiger partial charge in [0.25, 0.3) is 0 Å². The van der Waals surface area contributed by atoms with Crippen LogP contribution in [0.25, 0.3) is 0 Å². The maximum atomic E-state index is 9.99. The Morgan fingerprint density at radius 1 is 1.42 bits per heavy atom. The first-order valence-electron chi connectivity index (χ1n) is 5.59. The van der Waals surface area contributed by atoms with E-state index in [1.807, 2.05) is 11.4 Å². The molecule has 0 fully saturated rings. The number of benzene rings is 1. The van der Waals surface area contributed by atoms with Gasteiger partial charge in [-0.05, 0) is 33.4 Å². The third kappa shape index (κ3) is 3.63. The highest BCUT2D eigenvalue weighted by Gasteiger charge is 2.10. The van der Waals surface area contributed by atoms with Crippen molar-refractivity contribution in [3.05, 3.63) is 43.5 Å². The third-order valence-electron chi connectivity index (χ3n) is 2.63. The van der Waals surface area contributed by atoms with Gasteiger partial charge in [-0.25, -0.2) is 0 Å². The lowest BCUT2D eigenvalue weighted by atomic mass is 10.2. The number of thiophene rings is 1. The summed E-state index contributed by atoms with van der Waals surface area (Å²) in [5.74, 6) is 0.520. The van der Waals surface area contributed by atoms with E-state index in [1.54, 1.807) is 23.5 Å². The highest BCUT2D eigenvalue weighted by Crippen LogP contribution is 2.33. The van der Waals surface area contributed by atoms with Gasteiger partial charge < -0.3 is 15.2 Å². The van der Waals surface area contributed by atoms with Crippen LogP contribution in [0.3, 0.4) is 0 Å². The smallest absolute Gasteiger partial charge is 0.162 e. The number of rotatable bonds is 5. The van der Waals surface area contributed by atoms with E-state index in [-0.39, 0.29) is 5.75 Å². The minimum atomic E-state index is 0.129. The van der Waals surface area contributed by atoms with Crippen LogP contribution in [0.15, 0.2) is 28.1 Å². The van der Waals surface area contributed by atoms with Crippen LogP contribution in [0.2, 0.25) is 5.02 Å². The van der Waals surface area contributed by atoms with Crippen LogP contribution in [0.1, 0.15) is 10.4 Å². The van der Waals surface area contributed by atoms with Gasteiger partial charge in [0, 0.05) is 39.1 Å². The molecule has 102 valence electrons. The Balaban J connectivity index is 2.03. The fourth-order valence-electron chi connectivity index (χ4n) is 1.68. The largest absolute Gasteiger partial charge is 0.504 e. The number of ether oxygens (including phenoxy) is 1. The van der Waals surface area contributed by atoms with Crippen LogP contribution < -0.4 is 10.1 Å². The van der Waals surface area contributed by atoms with Gasteiger partial charge in [-0.1, -0.05) is 11.6 Å². The molecule has 1 aromatic heterocycles. The molecule has 2 N–H and O–H groups in total. The molecule has 0 bridgehead atoms. The quantitative estimate of drug-likeness (QED) is 0.839. The molecule has 0 spiro atoms. The van der Waals surface area contributed by atoms with Crippen molar-refractivity contribution >= 4 is 38.9 Å². The Labute approximate surface area is 129 Å². The van der Waals surface area contributed by atoms with Crippen LogP contribution >= 0.6 is 38.9 Å². The zero-order chi connectivity index (χ0) is 13.8. The molecule has 0 atom stereocenters. The summed E-state index contributed by atoms with van der Waals surface area (Å²) in [4.78, 5) is 1.22. The van der Waals surface area contributed by atoms with Crippen molar-refractivity contribution < 1.29 is 9.84 Å². The van der Waals surface area contributed by atoms with Gasteiger partial charge in [0.05, 0.1) is 7.11 Å². The number of phenolic OH excluding ortho intramolecular Hbond substituents is 1. The summed E-state index contributed by atoms with van der Waals surface area (Å²) in [6.45, 7) is 1.25. The molecular weight excluding hydrogens is 350 g/mol. The molecule has 2 aromatic rings. The highest BCUT2D eigenvalue weighted by molar-refractivity contribution is 9.10. The summed E-state index contributed by atoms with van der Waals surface area (Å²) in [5.41, 5.74) is 0.719. The predicted molar refractivity (Wildman–Crippen MR) is 82.2 cm³/mol. The van der Waals surface area contributed by atoms with Gasteiger partial charge in [-0.3, -0.25) is 0 Å². The summed E-state index contributed by atoms with van der Waals surface area (Å²) < 4.78 is 6.17. The zero-order valence-corrected chi connectivity index (χ0v) is 13.4. The van der Waals surface area contributed by atoms with E-state index in [0.29, 0.717) is 17.3 Å². The standard InChI is InChI=1S/C13H13BrClNO2S/c1-18-11-5-9(15)4-8(13(11)17)6-16-7-12-10(14)2-3-19-12/h2-5,16-17H,6-7H2,1H3. The second kappa shape index (κ2) is 6.61. The topological polar surface area (TPSA) is 41.5 Å². The Hall–Kier alpha value is -0.750. The summed E-state index contributed by atoms with van der Waals surface area (Å²) in [5, 5.41) is 15.8. The predicted octanol–water partition coefficient (Wildman–Crippen LogP) is 4.17. The van der Waals surface area contributed by atoms with Crippen LogP contribution in [-0.4, -0.2) is 12.2 Å². The summed E-state index contributed by atoms with van der Waals surface area (Å²) >= 11 is 11.1. The molecule has 3 nitrogen and oxygen atoms in total. The number of methoxy groups -OCH3 is 1. The van der Waals surface area contributed by atoms with Crippen molar-refractivity contribution in [2.45, 2.75) is 13.1 Å². The van der Waals surface area contributed by atoms with Crippen molar-refractivity contribution in [2.24, 2.45) is 0 Å². The Morgan fingerprint density at radius 2 is 2.21 bits per heavy atom. The SMILES string of the molecule is COc1cc(Cl)cc(CNCc2sccc2Br)c1O. The third-order valence-corrected chi connectivity index (χ3v) is 4.78. The lowest BCUT2D eigenvalue weighted by molar-refractivity contribution is 0.369. The maximum Gasteiger partial charge on any atom is 0.162 e. The van der Waals surface area contributed by atoms with E-state index in [4.69, 9.17) is 16.3 Å². The van der Waals surface area contributed by atoms with Gasteiger partial charge in [0.1, 0.15) is 0 Å². The number of halogens is 2. The van der Waals surface area contributed by atoms with Crippen LogP contribution in [0, 0.1) is 0 Å². The molecule has 6 heteroatoms. The van der Waals surface area contributed by atoms with Crippen molar-refractivity contribution in [1.29, 1.82) is 0 Å². The van der Waals surface area contributed by atoms with Gasteiger partial charge in [-0.15, -0.1) is 11.3 Å². The van der Waals surface area contributed by atoms with Gasteiger partial charge in [0.2, 0.25) is 0 Å². The van der Waals surface area contributed by atoms with Crippen molar-refractivity contribution in [2.75, 3.05) is 7.11 Å². The number of nitrogens with one attached hydrogen (secondary N) is 1. The Kier molecular flexibility index (Phi) is 5.10. The zero-order valence-electron chi connectivity index (χ0n) is 10.2. The van der Waals surface area contributed by atoms with Crippen molar-refractivity contribution in [1.82, 2.24) is 5.32 Å². The average Bonchev–Trinajstić information content (AvgIpc) is 2.79. The summed E-state index contributed by atoms with van der Waals surface area (Å²) in [6, 6.07) is 5.34. The minimum Gasteiger partial charge on any atom is -0.504 e. The van der Waals surface area contributed by atoms with E-state index in [2.05, 4.69) is 21.2 Å². The summed E-state index contributed by atoms with van der Waals surface area (Å²) in [6.07, 6.45) is 0. The number of hydrogen-bond acceptors (Lipinski definition) is 4. The van der Waals surface area contributed by atoms with Crippen molar-refractivity contribution in [3.63, 3.8) is 0 Å². The van der Waals surface area contributed by atoms with Gasteiger partial charge in [-0.2, -0.15) is 0 Å². The second-order valence-corrected chi connectivity index (χ2v) is 6.20.